The second kappa shape index (κ2) is 5.76. The Hall–Kier alpha value is -2.67. The highest BCUT2D eigenvalue weighted by atomic mass is 16.5. The number of aromatic amines is 1. The summed E-state index contributed by atoms with van der Waals surface area (Å²) >= 11 is 0. The molecule has 24 heavy (non-hydrogen) atoms. The summed E-state index contributed by atoms with van der Waals surface area (Å²) < 4.78 is 5.47. The van der Waals surface area contributed by atoms with Crippen molar-refractivity contribution in [3.05, 3.63) is 35.8 Å². The lowest BCUT2D eigenvalue weighted by molar-refractivity contribution is 0.189. The average Bonchev–Trinajstić information content (AvgIpc) is 3.00. The fraction of sp³-hybridized carbons (Fsp3) is 0.353. The molecule has 3 heterocycles. The van der Waals surface area contributed by atoms with Gasteiger partial charge in [-0.15, -0.1) is 5.10 Å². The molecule has 0 atom stereocenters. The number of H-pyrrole nitrogens is 1. The van der Waals surface area contributed by atoms with Crippen LogP contribution in [0.25, 0.3) is 11.0 Å². The predicted molar refractivity (Wildman–Crippen MR) is 92.9 cm³/mol. The van der Waals surface area contributed by atoms with E-state index in [1.807, 2.05) is 19.1 Å². The van der Waals surface area contributed by atoms with Crippen LogP contribution in [0.5, 0.6) is 5.75 Å². The van der Waals surface area contributed by atoms with Gasteiger partial charge < -0.3 is 19.9 Å². The van der Waals surface area contributed by atoms with Crippen LogP contribution in [0.4, 0.5) is 11.5 Å². The van der Waals surface area contributed by atoms with Crippen molar-refractivity contribution in [1.29, 1.82) is 0 Å². The summed E-state index contributed by atoms with van der Waals surface area (Å²) in [6.07, 6.45) is 1.67. The number of aromatic nitrogens is 4. The third kappa shape index (κ3) is 2.56. The van der Waals surface area contributed by atoms with Crippen molar-refractivity contribution in [2.24, 2.45) is 0 Å². The van der Waals surface area contributed by atoms with Crippen molar-refractivity contribution in [2.75, 3.05) is 32.6 Å². The number of rotatable bonds is 4. The van der Waals surface area contributed by atoms with Gasteiger partial charge in [0.05, 0.1) is 35.9 Å². The summed E-state index contributed by atoms with van der Waals surface area (Å²) in [5.41, 5.74) is 4.90. The molecule has 1 aromatic carbocycles. The Kier molecular flexibility index (Phi) is 3.57. The average molecular weight is 324 g/mol. The summed E-state index contributed by atoms with van der Waals surface area (Å²) in [6.45, 7) is 4.15. The highest BCUT2D eigenvalue weighted by Gasteiger charge is 2.27. The van der Waals surface area contributed by atoms with Gasteiger partial charge >= 0.3 is 0 Å². The molecule has 124 valence electrons. The molecule has 1 fully saturated rings. The number of nitrogens with one attached hydrogen (secondary N) is 2. The van der Waals surface area contributed by atoms with E-state index in [0.717, 1.165) is 47.1 Å². The molecule has 1 aliphatic heterocycles. The number of hydrogen-bond donors (Lipinski definition) is 2. The first-order chi connectivity index (χ1) is 11.6. The van der Waals surface area contributed by atoms with Crippen molar-refractivity contribution in [1.82, 2.24) is 25.1 Å². The van der Waals surface area contributed by atoms with Crippen LogP contribution >= 0.6 is 0 Å². The third-order valence-electron chi connectivity index (χ3n) is 4.53. The molecular formula is C17H20N6O. The van der Waals surface area contributed by atoms with Crippen LogP contribution in [0.1, 0.15) is 17.2 Å². The van der Waals surface area contributed by atoms with Gasteiger partial charge in [0, 0.05) is 25.1 Å². The monoisotopic (exact) mass is 324 g/mol. The van der Waals surface area contributed by atoms with Gasteiger partial charge in [-0.2, -0.15) is 5.10 Å². The number of benzene rings is 1. The van der Waals surface area contributed by atoms with Gasteiger partial charge in [-0.3, -0.25) is 0 Å². The molecule has 1 aliphatic rings. The van der Waals surface area contributed by atoms with Crippen LogP contribution in [-0.2, 0) is 0 Å². The molecule has 0 spiro atoms. The fourth-order valence-corrected chi connectivity index (χ4v) is 3.20. The van der Waals surface area contributed by atoms with Crippen LogP contribution in [0.2, 0.25) is 0 Å². The largest absolute Gasteiger partial charge is 0.494 e. The highest BCUT2D eigenvalue weighted by molar-refractivity contribution is 5.84. The van der Waals surface area contributed by atoms with Gasteiger partial charge in [-0.25, -0.2) is 4.98 Å². The fourth-order valence-electron chi connectivity index (χ4n) is 3.20. The number of methoxy groups -OCH3 is 1. The maximum absolute atomic E-state index is 5.47. The zero-order valence-corrected chi connectivity index (χ0v) is 14.0. The van der Waals surface area contributed by atoms with Crippen LogP contribution in [-0.4, -0.2) is 52.3 Å². The van der Waals surface area contributed by atoms with E-state index in [9.17, 15) is 0 Å². The first-order valence-corrected chi connectivity index (χ1v) is 7.95. The van der Waals surface area contributed by atoms with Gasteiger partial charge in [-0.05, 0) is 31.7 Å². The molecule has 0 bridgehead atoms. The molecule has 3 aromatic rings. The SMILES string of the molecule is COc1cc2nc[nH]c2cc1Nc1cc(C2CN(C)C2)c(C)nn1. The van der Waals surface area contributed by atoms with E-state index >= 15 is 0 Å². The smallest absolute Gasteiger partial charge is 0.153 e. The van der Waals surface area contributed by atoms with Crippen LogP contribution in [0.3, 0.4) is 0 Å². The number of fused-ring (bicyclic) bond motifs is 1. The van der Waals surface area contributed by atoms with Gasteiger partial charge in [0.2, 0.25) is 0 Å². The van der Waals surface area contributed by atoms with E-state index in [0.29, 0.717) is 5.92 Å². The third-order valence-corrected chi connectivity index (χ3v) is 4.53. The van der Waals surface area contributed by atoms with Crippen molar-refractivity contribution < 1.29 is 4.74 Å². The van der Waals surface area contributed by atoms with Gasteiger partial charge in [0.15, 0.2) is 5.82 Å². The van der Waals surface area contributed by atoms with E-state index in [-0.39, 0.29) is 0 Å². The number of nitrogens with zero attached hydrogens (tertiary/aromatic N) is 4. The normalized spacial score (nSPS) is 15.5. The summed E-state index contributed by atoms with van der Waals surface area (Å²) in [6, 6.07) is 5.97. The molecule has 0 aliphatic carbocycles. The first-order valence-electron chi connectivity index (χ1n) is 7.95. The Balaban J connectivity index is 1.66. The first kappa shape index (κ1) is 14.9. The lowest BCUT2D eigenvalue weighted by Crippen LogP contribution is -2.42. The topological polar surface area (TPSA) is 79.0 Å². The van der Waals surface area contributed by atoms with Crippen LogP contribution in [0, 0.1) is 6.92 Å². The van der Waals surface area contributed by atoms with E-state index in [4.69, 9.17) is 4.74 Å². The Morgan fingerprint density at radius 2 is 2.08 bits per heavy atom. The minimum absolute atomic E-state index is 0.531. The Morgan fingerprint density at radius 3 is 2.83 bits per heavy atom. The molecule has 1 saturated heterocycles. The van der Waals surface area contributed by atoms with Gasteiger partial charge in [-0.1, -0.05) is 0 Å². The molecule has 2 N–H and O–H groups in total. The summed E-state index contributed by atoms with van der Waals surface area (Å²) in [5, 5.41) is 11.9. The van der Waals surface area contributed by atoms with Crippen LogP contribution in [0.15, 0.2) is 24.5 Å². The molecular weight excluding hydrogens is 304 g/mol. The molecule has 0 unspecified atom stereocenters. The number of likely N-dealkylation sites (tertiary alicyclic amines) is 1. The minimum Gasteiger partial charge on any atom is -0.494 e. The summed E-state index contributed by atoms with van der Waals surface area (Å²) in [7, 11) is 3.78. The van der Waals surface area contributed by atoms with E-state index in [1.54, 1.807) is 13.4 Å². The Bertz CT molecular complexity index is 884. The standard InChI is InChI=1S/C17H20N6O/c1-10-12(11-7-23(2)8-11)4-17(22-21-10)20-15-5-13-14(19-9-18-13)6-16(15)24-3/h4-6,9,11H,7-8H2,1-3H3,(H,18,19)(H,20,22). The number of anilines is 2. The number of aryl methyl sites for hydroxylation is 1. The lowest BCUT2D eigenvalue weighted by Gasteiger charge is -2.37. The quantitative estimate of drug-likeness (QED) is 0.767. The Labute approximate surface area is 140 Å². The maximum Gasteiger partial charge on any atom is 0.153 e. The maximum atomic E-state index is 5.47. The number of imidazole rings is 1. The molecule has 4 rings (SSSR count). The van der Waals surface area contributed by atoms with Crippen molar-refractivity contribution in [2.45, 2.75) is 12.8 Å². The molecule has 0 radical (unpaired) electrons. The number of ether oxygens (including phenoxy) is 1. The Morgan fingerprint density at radius 1 is 1.25 bits per heavy atom. The number of likely N-dealkylation sites (N-methyl/N-ethyl adjacent to an activating group) is 1. The zero-order valence-electron chi connectivity index (χ0n) is 14.0. The molecule has 0 saturated carbocycles. The molecule has 7 heteroatoms. The van der Waals surface area contributed by atoms with Gasteiger partial charge in [0.1, 0.15) is 5.75 Å². The lowest BCUT2D eigenvalue weighted by atomic mass is 9.91. The van der Waals surface area contributed by atoms with E-state index in [1.165, 1.54) is 5.56 Å². The van der Waals surface area contributed by atoms with Crippen molar-refractivity contribution >= 4 is 22.5 Å². The van der Waals surface area contributed by atoms with E-state index in [2.05, 4.69) is 43.5 Å². The van der Waals surface area contributed by atoms with Crippen molar-refractivity contribution in [3.63, 3.8) is 0 Å². The second-order valence-corrected chi connectivity index (χ2v) is 6.29. The van der Waals surface area contributed by atoms with Crippen molar-refractivity contribution in [3.8, 4) is 5.75 Å². The summed E-state index contributed by atoms with van der Waals surface area (Å²) in [4.78, 5) is 9.66. The van der Waals surface area contributed by atoms with E-state index < -0.39 is 0 Å². The molecule has 2 aromatic heterocycles. The van der Waals surface area contributed by atoms with Gasteiger partial charge in [0.25, 0.3) is 0 Å². The highest BCUT2D eigenvalue weighted by Crippen LogP contribution is 2.33. The van der Waals surface area contributed by atoms with Crippen LogP contribution < -0.4 is 10.1 Å². The molecule has 7 nitrogen and oxygen atoms in total. The summed E-state index contributed by atoms with van der Waals surface area (Å²) in [5.74, 6) is 1.98. The second-order valence-electron chi connectivity index (χ2n) is 6.29. The zero-order chi connectivity index (χ0) is 16.7. The number of hydrogen-bond acceptors (Lipinski definition) is 6. The molecule has 0 amide bonds. The minimum atomic E-state index is 0.531. The predicted octanol–water partition coefficient (Wildman–Crippen LogP) is 2.44.